The van der Waals surface area contributed by atoms with Gasteiger partial charge in [0.05, 0.1) is 12.3 Å². The molecule has 2 rings (SSSR count). The van der Waals surface area contributed by atoms with Crippen LogP contribution in [-0.2, 0) is 18.8 Å². The minimum atomic E-state index is -4.24. The van der Waals surface area contributed by atoms with E-state index >= 15 is 0 Å². The zero-order valence-corrected chi connectivity index (χ0v) is 14.4. The third kappa shape index (κ3) is 4.02. The molecule has 24 heavy (non-hydrogen) atoms. The van der Waals surface area contributed by atoms with Crippen LogP contribution in [0.2, 0.25) is 0 Å². The summed E-state index contributed by atoms with van der Waals surface area (Å²) in [4.78, 5) is 43.7. The van der Waals surface area contributed by atoms with E-state index < -0.39 is 49.3 Å². The summed E-state index contributed by atoms with van der Waals surface area (Å²) < 4.78 is 29.0. The van der Waals surface area contributed by atoms with Crippen LogP contribution in [0.4, 0.5) is 0 Å². The number of hydrogen-bond donors (Lipinski definition) is 3. The van der Waals surface area contributed by atoms with E-state index in [1.165, 1.54) is 26.5 Å². The predicted octanol–water partition coefficient (Wildman–Crippen LogP) is -0.722. The van der Waals surface area contributed by atoms with Crippen LogP contribution in [0, 0.1) is 5.92 Å². The minimum Gasteiger partial charge on any atom is -0.376 e. The topological polar surface area (TPSA) is 140 Å². The first-order valence-corrected chi connectivity index (χ1v) is 9.04. The summed E-state index contributed by atoms with van der Waals surface area (Å²) in [5.74, 6) is -0.545. The number of nitrogens with zero attached hydrogens (tertiary/aromatic N) is 1. The molecule has 1 aliphatic rings. The Balaban J connectivity index is 2.35. The van der Waals surface area contributed by atoms with Crippen molar-refractivity contribution in [3.05, 3.63) is 33.1 Å². The fraction of sp³-hybridized carbons (Fsp3) is 0.692. The molecule has 0 aliphatic carbocycles. The predicted molar refractivity (Wildman–Crippen MR) is 82.9 cm³/mol. The van der Waals surface area contributed by atoms with Gasteiger partial charge in [0.2, 0.25) is 0 Å². The van der Waals surface area contributed by atoms with Crippen LogP contribution in [-0.4, -0.2) is 58.0 Å². The molecule has 0 radical (unpaired) electrons. The van der Waals surface area contributed by atoms with Gasteiger partial charge in [-0.2, -0.15) is 0 Å². The molecule has 1 aromatic rings. The molecule has 2 unspecified atom stereocenters. The molecule has 5 atom stereocenters. The number of methoxy groups -OCH3 is 2. The standard InChI is InChI=1S/C13H21N2O8P/c1-7(6-24(18,19)20)9-10(21-2)11(22-3)12(23-9)15-5-4-8(16)14-13(15)17/h4-5,7,9-12H,6H2,1-3H3,(H,14,16,17)(H2,18,19,20)/t7?,9-,10?,11+,12-/m1/s1. The number of H-pyrrole nitrogens is 1. The molecule has 0 amide bonds. The van der Waals surface area contributed by atoms with Crippen LogP contribution >= 0.6 is 7.60 Å². The molecule has 1 saturated heterocycles. The highest BCUT2D eigenvalue weighted by atomic mass is 31.2. The molecule has 0 spiro atoms. The molecule has 0 bridgehead atoms. The van der Waals surface area contributed by atoms with E-state index in [2.05, 4.69) is 4.98 Å². The lowest BCUT2D eigenvalue weighted by Gasteiger charge is -2.25. The van der Waals surface area contributed by atoms with Crippen molar-refractivity contribution in [2.24, 2.45) is 5.92 Å². The first-order chi connectivity index (χ1) is 11.2. The molecule has 10 nitrogen and oxygen atoms in total. The van der Waals surface area contributed by atoms with Crippen molar-refractivity contribution >= 4 is 7.60 Å². The molecule has 2 heterocycles. The molecule has 3 N–H and O–H groups in total. The van der Waals surface area contributed by atoms with Gasteiger partial charge >= 0.3 is 13.3 Å². The Morgan fingerprint density at radius 3 is 2.46 bits per heavy atom. The van der Waals surface area contributed by atoms with Crippen molar-refractivity contribution in [1.29, 1.82) is 0 Å². The van der Waals surface area contributed by atoms with Crippen LogP contribution in [0.25, 0.3) is 0 Å². The molecule has 0 saturated carbocycles. The Kier molecular flexibility index (Phi) is 5.79. The van der Waals surface area contributed by atoms with Crippen LogP contribution in [0.15, 0.2) is 21.9 Å². The molecule has 0 aromatic carbocycles. The monoisotopic (exact) mass is 364 g/mol. The van der Waals surface area contributed by atoms with E-state index in [1.54, 1.807) is 6.92 Å². The van der Waals surface area contributed by atoms with Gasteiger partial charge in [0.1, 0.15) is 12.2 Å². The highest BCUT2D eigenvalue weighted by Crippen LogP contribution is 2.42. The summed E-state index contributed by atoms with van der Waals surface area (Å²) >= 11 is 0. The summed E-state index contributed by atoms with van der Waals surface area (Å²) in [5, 5.41) is 0. The maximum atomic E-state index is 12.0. The summed E-state index contributed by atoms with van der Waals surface area (Å²) in [6.07, 6.45) is -2.03. The van der Waals surface area contributed by atoms with Gasteiger partial charge in [-0.3, -0.25) is 18.9 Å². The molecule has 1 fully saturated rings. The molecule has 1 aromatic heterocycles. The second-order valence-electron chi connectivity index (χ2n) is 5.73. The summed E-state index contributed by atoms with van der Waals surface area (Å²) in [6, 6.07) is 1.17. The van der Waals surface area contributed by atoms with E-state index in [-0.39, 0.29) is 6.16 Å². The highest BCUT2D eigenvalue weighted by molar-refractivity contribution is 7.51. The number of ether oxygens (including phenoxy) is 3. The average molecular weight is 364 g/mol. The molecular weight excluding hydrogens is 343 g/mol. The van der Waals surface area contributed by atoms with Gasteiger partial charge in [0.15, 0.2) is 6.23 Å². The van der Waals surface area contributed by atoms with Crippen molar-refractivity contribution in [2.75, 3.05) is 20.4 Å². The maximum absolute atomic E-state index is 12.0. The normalized spacial score (nSPS) is 28.9. The van der Waals surface area contributed by atoms with Gasteiger partial charge in [-0.25, -0.2) is 4.79 Å². The molecular formula is C13H21N2O8P. The fourth-order valence-electron chi connectivity index (χ4n) is 2.97. The summed E-state index contributed by atoms with van der Waals surface area (Å²) in [5.41, 5.74) is -1.22. The number of aromatic nitrogens is 2. The zero-order chi connectivity index (χ0) is 18.1. The van der Waals surface area contributed by atoms with E-state index in [0.29, 0.717) is 0 Å². The van der Waals surface area contributed by atoms with Crippen molar-refractivity contribution in [1.82, 2.24) is 9.55 Å². The second-order valence-corrected chi connectivity index (χ2v) is 7.43. The molecule has 1 aliphatic heterocycles. The first kappa shape index (κ1) is 19.0. The Bertz CT molecular complexity index is 725. The van der Waals surface area contributed by atoms with Gasteiger partial charge in [0.25, 0.3) is 5.56 Å². The van der Waals surface area contributed by atoms with Gasteiger partial charge < -0.3 is 24.0 Å². The van der Waals surface area contributed by atoms with E-state index in [1.807, 2.05) is 0 Å². The van der Waals surface area contributed by atoms with Crippen LogP contribution in [0.1, 0.15) is 13.2 Å². The largest absolute Gasteiger partial charge is 0.376 e. The fourth-order valence-corrected chi connectivity index (χ4v) is 3.93. The van der Waals surface area contributed by atoms with Crippen LogP contribution < -0.4 is 11.2 Å². The third-order valence-electron chi connectivity index (χ3n) is 3.98. The Morgan fingerprint density at radius 2 is 1.96 bits per heavy atom. The molecule has 11 heteroatoms. The average Bonchev–Trinajstić information content (AvgIpc) is 2.83. The van der Waals surface area contributed by atoms with E-state index in [0.717, 1.165) is 4.57 Å². The lowest BCUT2D eigenvalue weighted by molar-refractivity contribution is -0.0617. The van der Waals surface area contributed by atoms with E-state index in [4.69, 9.17) is 14.2 Å². The van der Waals surface area contributed by atoms with Crippen LogP contribution in [0.5, 0.6) is 0 Å². The first-order valence-electron chi connectivity index (χ1n) is 7.25. The summed E-state index contributed by atoms with van der Waals surface area (Å²) in [6.45, 7) is 1.63. The Hall–Kier alpha value is -1.29. The smallest absolute Gasteiger partial charge is 0.330 e. The third-order valence-corrected chi connectivity index (χ3v) is 5.03. The van der Waals surface area contributed by atoms with Crippen molar-refractivity contribution in [3.8, 4) is 0 Å². The number of nitrogens with one attached hydrogen (secondary N) is 1. The highest BCUT2D eigenvalue weighted by Gasteiger charge is 2.49. The SMILES string of the molecule is COC1[C@@H](C(C)CP(=O)(O)O)O[C@@H](n2ccc(=O)[nH]c2=O)[C@H]1OC. The lowest BCUT2D eigenvalue weighted by Crippen LogP contribution is -2.40. The van der Waals surface area contributed by atoms with Crippen LogP contribution in [0.3, 0.4) is 0 Å². The van der Waals surface area contributed by atoms with Crippen molar-refractivity contribution < 1.29 is 28.6 Å². The molecule has 136 valence electrons. The Labute approximate surface area is 137 Å². The van der Waals surface area contributed by atoms with Crippen molar-refractivity contribution in [2.45, 2.75) is 31.5 Å². The summed E-state index contributed by atoms with van der Waals surface area (Å²) in [7, 11) is -1.40. The zero-order valence-electron chi connectivity index (χ0n) is 13.5. The Morgan fingerprint density at radius 1 is 1.33 bits per heavy atom. The van der Waals surface area contributed by atoms with Gasteiger partial charge in [-0.05, 0) is 5.92 Å². The maximum Gasteiger partial charge on any atom is 0.330 e. The van der Waals surface area contributed by atoms with Gasteiger partial charge in [0, 0.05) is 26.5 Å². The van der Waals surface area contributed by atoms with Crippen molar-refractivity contribution in [3.63, 3.8) is 0 Å². The lowest BCUT2D eigenvalue weighted by atomic mass is 10.00. The number of rotatable bonds is 6. The number of hydrogen-bond acceptors (Lipinski definition) is 6. The van der Waals surface area contributed by atoms with E-state index in [9.17, 15) is 23.9 Å². The number of aromatic amines is 1. The second kappa shape index (κ2) is 7.30. The van der Waals surface area contributed by atoms with Gasteiger partial charge in [-0.15, -0.1) is 0 Å². The quantitative estimate of drug-likeness (QED) is 0.562. The van der Waals surface area contributed by atoms with Gasteiger partial charge in [-0.1, -0.05) is 6.92 Å². The minimum absolute atomic E-state index is 0.388.